The molecule has 1 aliphatic heterocycles. The molecule has 2 aromatic rings. The molecule has 0 unspecified atom stereocenters. The highest BCUT2D eigenvalue weighted by atomic mass is 35.5. The summed E-state index contributed by atoms with van der Waals surface area (Å²) >= 11 is 5.64. The van der Waals surface area contributed by atoms with E-state index >= 15 is 0 Å². The number of Topliss-reactive ketones (excluding diaryl/α,β-unsaturated/α-hetero) is 1. The largest absolute Gasteiger partial charge is 0.618 e. The van der Waals surface area contributed by atoms with Crippen LogP contribution in [0.1, 0.15) is 15.9 Å². The van der Waals surface area contributed by atoms with Gasteiger partial charge in [-0.3, -0.25) is 4.79 Å². The summed E-state index contributed by atoms with van der Waals surface area (Å²) in [4.78, 5) is 12.2. The van der Waals surface area contributed by atoms with Crippen molar-refractivity contribution in [2.45, 2.75) is 0 Å². The van der Waals surface area contributed by atoms with Crippen LogP contribution in [0.4, 0.5) is 18.9 Å². The molecule has 0 saturated heterocycles. The van der Waals surface area contributed by atoms with E-state index < -0.39 is 34.6 Å². The van der Waals surface area contributed by atoms with Gasteiger partial charge in [0.05, 0.1) is 5.56 Å². The Morgan fingerprint density at radius 1 is 1.00 bits per heavy atom. The van der Waals surface area contributed by atoms with Gasteiger partial charge in [0.15, 0.2) is 5.82 Å². The van der Waals surface area contributed by atoms with Crippen molar-refractivity contribution in [3.8, 4) is 0 Å². The van der Waals surface area contributed by atoms with Crippen LogP contribution in [0.15, 0.2) is 30.3 Å². The number of ketones is 1. The summed E-state index contributed by atoms with van der Waals surface area (Å²) in [6.07, 6.45) is 0. The van der Waals surface area contributed by atoms with Gasteiger partial charge in [-0.1, -0.05) is 11.6 Å². The Balaban J connectivity index is 2.26. The lowest BCUT2D eigenvalue weighted by atomic mass is 10.0. The fraction of sp³-hybridized carbons (Fsp3) is 0. The minimum atomic E-state index is -0.979. The summed E-state index contributed by atoms with van der Waals surface area (Å²) in [5.74, 6) is -3.72. The number of hydrogen-bond donors (Lipinski definition) is 0. The number of hydrogen-bond acceptors (Lipinski definition) is 2. The summed E-state index contributed by atoms with van der Waals surface area (Å²) in [5.41, 5.74) is -1.57. The van der Waals surface area contributed by atoms with Crippen LogP contribution in [0, 0.1) is 22.7 Å². The Kier molecular flexibility index (Phi) is 2.98. The SMILES string of the molecule is O=C1C(c2cc(F)cc(F)c2)=[N+]([O-])c2c(F)cc(Cl)cc21. The van der Waals surface area contributed by atoms with Crippen molar-refractivity contribution in [3.63, 3.8) is 0 Å². The second-order valence-corrected chi connectivity index (χ2v) is 4.85. The highest BCUT2D eigenvalue weighted by Crippen LogP contribution is 2.33. The fourth-order valence-corrected chi connectivity index (χ4v) is 2.42. The van der Waals surface area contributed by atoms with Gasteiger partial charge in [0.25, 0.3) is 17.2 Å². The lowest BCUT2D eigenvalue weighted by molar-refractivity contribution is -0.358. The van der Waals surface area contributed by atoms with Gasteiger partial charge in [0, 0.05) is 11.1 Å². The Labute approximate surface area is 121 Å². The average Bonchev–Trinajstić information content (AvgIpc) is 2.60. The topological polar surface area (TPSA) is 43.1 Å². The number of carbonyl (C=O) groups excluding carboxylic acids is 1. The molecule has 0 N–H and O–H groups in total. The maximum Gasteiger partial charge on any atom is 0.273 e. The van der Waals surface area contributed by atoms with E-state index in [4.69, 9.17) is 11.6 Å². The molecule has 0 bridgehead atoms. The van der Waals surface area contributed by atoms with Crippen molar-refractivity contribution >= 4 is 28.8 Å². The van der Waals surface area contributed by atoms with E-state index in [1.54, 1.807) is 0 Å². The molecule has 0 saturated carbocycles. The standard InChI is InChI=1S/C14H5ClF3NO2/c15-7-3-10-13(11(18)4-7)19(21)12(14(10)20)6-1-8(16)5-9(17)2-6/h1-5H. The van der Waals surface area contributed by atoms with Gasteiger partial charge in [-0.2, -0.15) is 9.13 Å². The first-order valence-corrected chi connectivity index (χ1v) is 6.10. The number of fused-ring (bicyclic) bond motifs is 1. The van der Waals surface area contributed by atoms with Crippen LogP contribution in [0.25, 0.3) is 0 Å². The van der Waals surface area contributed by atoms with E-state index in [2.05, 4.69) is 0 Å². The Morgan fingerprint density at radius 3 is 2.24 bits per heavy atom. The Bertz CT molecular complexity index is 813. The van der Waals surface area contributed by atoms with Crippen LogP contribution in [-0.2, 0) is 0 Å². The summed E-state index contributed by atoms with van der Waals surface area (Å²) in [5, 5.41) is 12.0. The van der Waals surface area contributed by atoms with Crippen molar-refractivity contribution in [1.29, 1.82) is 0 Å². The quantitative estimate of drug-likeness (QED) is 0.597. The zero-order valence-corrected chi connectivity index (χ0v) is 10.9. The molecular formula is C14H5ClF3NO2. The van der Waals surface area contributed by atoms with Gasteiger partial charge in [-0.15, -0.1) is 0 Å². The second-order valence-electron chi connectivity index (χ2n) is 4.41. The molecule has 3 nitrogen and oxygen atoms in total. The van der Waals surface area contributed by atoms with E-state index in [1.165, 1.54) is 0 Å². The minimum Gasteiger partial charge on any atom is -0.618 e. The van der Waals surface area contributed by atoms with Crippen LogP contribution < -0.4 is 0 Å². The number of rotatable bonds is 1. The van der Waals surface area contributed by atoms with Crippen molar-refractivity contribution in [1.82, 2.24) is 0 Å². The second kappa shape index (κ2) is 4.60. The third kappa shape index (κ3) is 2.08. The molecule has 106 valence electrons. The van der Waals surface area contributed by atoms with Gasteiger partial charge in [-0.05, 0) is 24.3 Å². The van der Waals surface area contributed by atoms with Gasteiger partial charge in [-0.25, -0.2) is 8.78 Å². The minimum absolute atomic E-state index is 0.0253. The normalized spacial score (nSPS) is 13.8. The number of nitrogens with zero attached hydrogens (tertiary/aromatic N) is 1. The Hall–Kier alpha value is -2.34. The first-order valence-electron chi connectivity index (χ1n) is 5.73. The summed E-state index contributed by atoms with van der Waals surface area (Å²) in [6.45, 7) is 0. The third-order valence-electron chi connectivity index (χ3n) is 3.03. The van der Waals surface area contributed by atoms with Crippen LogP contribution in [0.3, 0.4) is 0 Å². The molecule has 3 rings (SSSR count). The Morgan fingerprint density at radius 2 is 1.62 bits per heavy atom. The molecule has 0 spiro atoms. The van der Waals surface area contributed by atoms with E-state index in [1.807, 2.05) is 0 Å². The smallest absolute Gasteiger partial charge is 0.273 e. The van der Waals surface area contributed by atoms with Crippen LogP contribution >= 0.6 is 11.6 Å². The van der Waals surface area contributed by atoms with E-state index in [-0.39, 0.29) is 20.9 Å². The first-order chi connectivity index (χ1) is 9.88. The summed E-state index contributed by atoms with van der Waals surface area (Å²) in [7, 11) is 0. The zero-order valence-electron chi connectivity index (χ0n) is 10.2. The van der Waals surface area contributed by atoms with Crippen LogP contribution in [0.5, 0.6) is 0 Å². The lowest BCUT2D eigenvalue weighted by Crippen LogP contribution is -2.17. The third-order valence-corrected chi connectivity index (χ3v) is 3.25. The van der Waals surface area contributed by atoms with Gasteiger partial charge < -0.3 is 5.21 Å². The van der Waals surface area contributed by atoms with Gasteiger partial charge >= 0.3 is 0 Å². The van der Waals surface area contributed by atoms with E-state index in [0.29, 0.717) is 6.07 Å². The zero-order chi connectivity index (χ0) is 15.3. The first kappa shape index (κ1) is 13.6. The van der Waals surface area contributed by atoms with Gasteiger partial charge in [0.1, 0.15) is 17.2 Å². The summed E-state index contributed by atoms with van der Waals surface area (Å²) < 4.78 is 40.3. The van der Waals surface area contributed by atoms with Gasteiger partial charge in [0.2, 0.25) is 0 Å². The van der Waals surface area contributed by atoms with Crippen LogP contribution in [0.2, 0.25) is 5.02 Å². The molecule has 21 heavy (non-hydrogen) atoms. The molecule has 0 radical (unpaired) electrons. The van der Waals surface area contributed by atoms with Crippen molar-refractivity contribution in [2.75, 3.05) is 0 Å². The molecular weight excluding hydrogens is 307 g/mol. The monoisotopic (exact) mass is 311 g/mol. The van der Waals surface area contributed by atoms with Crippen LogP contribution in [-0.4, -0.2) is 16.2 Å². The lowest BCUT2D eigenvalue weighted by Gasteiger charge is -2.03. The predicted molar refractivity (Wildman–Crippen MR) is 69.5 cm³/mol. The number of benzene rings is 2. The molecule has 1 aliphatic rings. The molecule has 0 aromatic heterocycles. The predicted octanol–water partition coefficient (Wildman–Crippen LogP) is 3.58. The molecule has 0 atom stereocenters. The average molecular weight is 312 g/mol. The fourth-order valence-electron chi connectivity index (χ4n) is 2.22. The maximum absolute atomic E-state index is 13.8. The molecule has 0 amide bonds. The highest BCUT2D eigenvalue weighted by molar-refractivity contribution is 6.52. The van der Waals surface area contributed by atoms with Crippen molar-refractivity contribution < 1.29 is 22.7 Å². The molecule has 1 heterocycles. The van der Waals surface area contributed by atoms with Crippen molar-refractivity contribution in [2.24, 2.45) is 0 Å². The number of carbonyl (C=O) groups is 1. The molecule has 2 aromatic carbocycles. The molecule has 0 fully saturated rings. The number of halogens is 4. The molecule has 0 aliphatic carbocycles. The highest BCUT2D eigenvalue weighted by Gasteiger charge is 2.39. The molecule has 7 heteroatoms. The van der Waals surface area contributed by atoms with E-state index in [0.717, 1.165) is 24.3 Å². The summed E-state index contributed by atoms with van der Waals surface area (Å²) in [6, 6.07) is 4.27. The van der Waals surface area contributed by atoms with Crippen molar-refractivity contribution in [3.05, 3.63) is 69.1 Å². The van der Waals surface area contributed by atoms with E-state index in [9.17, 15) is 23.2 Å². The maximum atomic E-state index is 13.8.